The summed E-state index contributed by atoms with van der Waals surface area (Å²) in [7, 11) is 0. The number of benzene rings is 1. The van der Waals surface area contributed by atoms with Gasteiger partial charge in [-0.2, -0.15) is 0 Å². The van der Waals surface area contributed by atoms with Gasteiger partial charge >= 0.3 is 5.97 Å². The summed E-state index contributed by atoms with van der Waals surface area (Å²) in [5, 5.41) is 9.45. The van der Waals surface area contributed by atoms with E-state index in [-0.39, 0.29) is 18.9 Å². The number of amides is 1. The van der Waals surface area contributed by atoms with Gasteiger partial charge in [0.1, 0.15) is 0 Å². The van der Waals surface area contributed by atoms with Crippen molar-refractivity contribution in [2.75, 3.05) is 11.4 Å². The second-order valence-electron chi connectivity index (χ2n) is 4.23. The summed E-state index contributed by atoms with van der Waals surface area (Å²) in [4.78, 5) is 24.1. The Kier molecular flexibility index (Phi) is 3.07. The number of carboxylic acid groups (broad SMARTS) is 1. The van der Waals surface area contributed by atoms with Crippen molar-refractivity contribution >= 4 is 29.2 Å². The van der Waals surface area contributed by atoms with Crippen molar-refractivity contribution < 1.29 is 14.7 Å². The maximum absolute atomic E-state index is 11.7. The summed E-state index contributed by atoms with van der Waals surface area (Å²) in [5.41, 5.74) is 1.61. The number of hydrogen-bond donors (Lipinski definition) is 1. The molecule has 1 saturated heterocycles. The van der Waals surface area contributed by atoms with Crippen molar-refractivity contribution in [3.63, 3.8) is 0 Å². The molecule has 4 nitrogen and oxygen atoms in total. The Bertz CT molecular complexity index is 466. The van der Waals surface area contributed by atoms with Gasteiger partial charge in [0.05, 0.1) is 5.92 Å². The van der Waals surface area contributed by atoms with Crippen LogP contribution < -0.4 is 4.90 Å². The predicted molar refractivity (Wildman–Crippen MR) is 64.3 cm³/mol. The van der Waals surface area contributed by atoms with Crippen molar-refractivity contribution in [3.05, 3.63) is 28.8 Å². The van der Waals surface area contributed by atoms with E-state index in [2.05, 4.69) is 0 Å². The lowest BCUT2D eigenvalue weighted by Gasteiger charge is -2.17. The van der Waals surface area contributed by atoms with Gasteiger partial charge in [-0.1, -0.05) is 11.6 Å². The molecule has 1 atom stereocenters. The van der Waals surface area contributed by atoms with E-state index in [1.54, 1.807) is 12.1 Å². The van der Waals surface area contributed by atoms with Gasteiger partial charge in [-0.05, 0) is 30.7 Å². The molecule has 1 unspecified atom stereocenters. The highest BCUT2D eigenvalue weighted by Crippen LogP contribution is 2.28. The number of aryl methyl sites for hydroxylation is 1. The van der Waals surface area contributed by atoms with E-state index in [1.165, 1.54) is 4.90 Å². The molecule has 0 spiro atoms. The SMILES string of the molecule is Cc1cc(Cl)cc(N2CC(C(=O)O)CC2=O)c1. The summed E-state index contributed by atoms with van der Waals surface area (Å²) in [6.07, 6.45) is 0.0564. The van der Waals surface area contributed by atoms with Crippen LogP contribution in [0.1, 0.15) is 12.0 Å². The number of aliphatic carboxylic acids is 1. The highest BCUT2D eigenvalue weighted by Gasteiger charge is 2.35. The molecule has 1 aromatic rings. The van der Waals surface area contributed by atoms with Crippen LogP contribution in [0.3, 0.4) is 0 Å². The number of rotatable bonds is 2. The third kappa shape index (κ3) is 2.42. The molecule has 1 heterocycles. The number of anilines is 1. The quantitative estimate of drug-likeness (QED) is 0.878. The normalized spacial score (nSPS) is 19.8. The van der Waals surface area contributed by atoms with Crippen molar-refractivity contribution in [2.24, 2.45) is 5.92 Å². The van der Waals surface area contributed by atoms with Gasteiger partial charge in [-0.25, -0.2) is 0 Å². The fraction of sp³-hybridized carbons (Fsp3) is 0.333. The summed E-state index contributed by atoms with van der Waals surface area (Å²) >= 11 is 5.92. The van der Waals surface area contributed by atoms with E-state index in [0.29, 0.717) is 10.7 Å². The second kappa shape index (κ2) is 4.37. The molecule has 0 saturated carbocycles. The number of carbonyl (C=O) groups excluding carboxylic acids is 1. The topological polar surface area (TPSA) is 57.6 Å². The molecule has 1 amide bonds. The molecule has 90 valence electrons. The lowest BCUT2D eigenvalue weighted by atomic mass is 10.1. The zero-order valence-electron chi connectivity index (χ0n) is 9.31. The van der Waals surface area contributed by atoms with E-state index in [1.807, 2.05) is 13.0 Å². The summed E-state index contributed by atoms with van der Waals surface area (Å²) < 4.78 is 0. The van der Waals surface area contributed by atoms with E-state index >= 15 is 0 Å². The average Bonchev–Trinajstić information content (AvgIpc) is 2.59. The van der Waals surface area contributed by atoms with Crippen molar-refractivity contribution in [1.29, 1.82) is 0 Å². The first-order valence-electron chi connectivity index (χ1n) is 5.28. The fourth-order valence-corrected chi connectivity index (χ4v) is 2.28. The zero-order valence-corrected chi connectivity index (χ0v) is 10.1. The van der Waals surface area contributed by atoms with Gasteiger partial charge in [0, 0.05) is 23.7 Å². The van der Waals surface area contributed by atoms with Gasteiger partial charge in [0.2, 0.25) is 5.91 Å². The molecule has 1 aliphatic heterocycles. The molecule has 17 heavy (non-hydrogen) atoms. The maximum Gasteiger partial charge on any atom is 0.308 e. The minimum absolute atomic E-state index is 0.0564. The van der Waals surface area contributed by atoms with Crippen LogP contribution >= 0.6 is 11.6 Å². The summed E-state index contributed by atoms with van der Waals surface area (Å²) in [6, 6.07) is 5.30. The zero-order chi connectivity index (χ0) is 12.6. The third-order valence-electron chi connectivity index (χ3n) is 2.81. The van der Waals surface area contributed by atoms with Crippen molar-refractivity contribution in [2.45, 2.75) is 13.3 Å². The molecular formula is C12H12ClNO3. The number of hydrogen-bond acceptors (Lipinski definition) is 2. The second-order valence-corrected chi connectivity index (χ2v) is 4.67. The minimum Gasteiger partial charge on any atom is -0.481 e. The molecular weight excluding hydrogens is 242 g/mol. The molecule has 0 radical (unpaired) electrons. The van der Waals surface area contributed by atoms with Crippen molar-refractivity contribution in [1.82, 2.24) is 0 Å². The van der Waals surface area contributed by atoms with E-state index in [0.717, 1.165) is 5.56 Å². The first-order valence-corrected chi connectivity index (χ1v) is 5.65. The number of nitrogens with zero attached hydrogens (tertiary/aromatic N) is 1. The lowest BCUT2D eigenvalue weighted by Crippen LogP contribution is -2.25. The van der Waals surface area contributed by atoms with Crippen LogP contribution in [0.15, 0.2) is 18.2 Å². The molecule has 0 bridgehead atoms. The Labute approximate surface area is 104 Å². The van der Waals surface area contributed by atoms with Crippen molar-refractivity contribution in [3.8, 4) is 0 Å². The molecule has 2 rings (SSSR count). The van der Waals surface area contributed by atoms with Crippen LogP contribution in [-0.2, 0) is 9.59 Å². The van der Waals surface area contributed by atoms with E-state index in [4.69, 9.17) is 16.7 Å². The number of carboxylic acids is 1. The monoisotopic (exact) mass is 253 g/mol. The van der Waals surface area contributed by atoms with E-state index < -0.39 is 11.9 Å². The minimum atomic E-state index is -0.931. The molecule has 1 aliphatic rings. The van der Waals surface area contributed by atoms with Crippen LogP contribution in [0.2, 0.25) is 5.02 Å². The van der Waals surface area contributed by atoms with Crippen LogP contribution in [0, 0.1) is 12.8 Å². The van der Waals surface area contributed by atoms with Gasteiger partial charge in [0.25, 0.3) is 0 Å². The Morgan fingerprint density at radius 2 is 2.18 bits per heavy atom. The predicted octanol–water partition coefficient (Wildman–Crippen LogP) is 2.09. The number of carbonyl (C=O) groups is 2. The van der Waals surface area contributed by atoms with Crippen LogP contribution in [-0.4, -0.2) is 23.5 Å². The summed E-state index contributed by atoms with van der Waals surface area (Å²) in [6.45, 7) is 2.10. The van der Waals surface area contributed by atoms with Crippen LogP contribution in [0.4, 0.5) is 5.69 Å². The van der Waals surface area contributed by atoms with Gasteiger partial charge < -0.3 is 10.0 Å². The molecule has 0 aromatic heterocycles. The van der Waals surface area contributed by atoms with Gasteiger partial charge in [-0.3, -0.25) is 9.59 Å². The average molecular weight is 254 g/mol. The maximum atomic E-state index is 11.7. The molecule has 1 fully saturated rings. The van der Waals surface area contributed by atoms with Crippen LogP contribution in [0.5, 0.6) is 0 Å². The highest BCUT2D eigenvalue weighted by atomic mass is 35.5. The molecule has 5 heteroatoms. The number of halogens is 1. The Morgan fingerprint density at radius 3 is 2.71 bits per heavy atom. The Morgan fingerprint density at radius 1 is 1.47 bits per heavy atom. The first-order chi connectivity index (χ1) is 7.97. The van der Waals surface area contributed by atoms with Crippen LogP contribution in [0.25, 0.3) is 0 Å². The lowest BCUT2D eigenvalue weighted by molar-refractivity contribution is -0.141. The Hall–Kier alpha value is -1.55. The Balaban J connectivity index is 2.28. The van der Waals surface area contributed by atoms with Gasteiger partial charge in [0.15, 0.2) is 0 Å². The smallest absolute Gasteiger partial charge is 0.308 e. The molecule has 1 N–H and O–H groups in total. The summed E-state index contributed by atoms with van der Waals surface area (Å²) in [5.74, 6) is -1.72. The molecule has 1 aromatic carbocycles. The fourth-order valence-electron chi connectivity index (χ4n) is 2.00. The largest absolute Gasteiger partial charge is 0.481 e. The molecule has 0 aliphatic carbocycles. The standard InChI is InChI=1S/C12H12ClNO3/c1-7-2-9(13)5-10(3-7)14-6-8(12(16)17)4-11(14)15/h2-3,5,8H,4,6H2,1H3,(H,16,17). The van der Waals surface area contributed by atoms with Gasteiger partial charge in [-0.15, -0.1) is 0 Å². The third-order valence-corrected chi connectivity index (χ3v) is 3.03. The highest BCUT2D eigenvalue weighted by molar-refractivity contribution is 6.31. The first kappa shape index (κ1) is 11.9. The van der Waals surface area contributed by atoms with E-state index in [9.17, 15) is 9.59 Å².